The average molecular weight is 293 g/mol. The van der Waals surface area contributed by atoms with E-state index in [1.54, 1.807) is 5.38 Å². The summed E-state index contributed by atoms with van der Waals surface area (Å²) in [6, 6.07) is -0.149. The van der Waals surface area contributed by atoms with Crippen molar-refractivity contribution in [3.63, 3.8) is 0 Å². The summed E-state index contributed by atoms with van der Waals surface area (Å²) in [7, 11) is 1.89. The number of hydrogen-bond donors (Lipinski definition) is 2. The van der Waals surface area contributed by atoms with E-state index >= 15 is 0 Å². The molecule has 0 spiro atoms. The van der Waals surface area contributed by atoms with E-state index in [1.807, 2.05) is 32.5 Å². The first kappa shape index (κ1) is 14.7. The van der Waals surface area contributed by atoms with Crippen LogP contribution in [-0.4, -0.2) is 20.7 Å². The van der Waals surface area contributed by atoms with E-state index in [-0.39, 0.29) is 11.9 Å². The molecule has 0 fully saturated rings. The Bertz CT molecular complexity index is 629. The van der Waals surface area contributed by atoms with Gasteiger partial charge in [-0.2, -0.15) is 5.10 Å². The molecule has 2 heterocycles. The number of nitrogens with two attached hydrogens (primary N) is 1. The lowest BCUT2D eigenvalue weighted by atomic mass is 10.2. The largest absolute Gasteiger partial charge is 0.346 e. The number of hydrogen-bond acceptors (Lipinski definition) is 5. The zero-order valence-electron chi connectivity index (χ0n) is 12.1. The SMILES string of the molecule is Cc1nn(C)c(C)c1CNC(=O)c1csc(C(C)N)n1. The number of aryl methyl sites for hydroxylation is 2. The molecule has 0 aromatic carbocycles. The third-order valence-corrected chi connectivity index (χ3v) is 4.27. The molecule has 1 unspecified atom stereocenters. The summed E-state index contributed by atoms with van der Waals surface area (Å²) in [6.45, 7) is 6.22. The van der Waals surface area contributed by atoms with Gasteiger partial charge in [0.25, 0.3) is 5.91 Å². The van der Waals surface area contributed by atoms with E-state index in [0.717, 1.165) is 22.0 Å². The van der Waals surface area contributed by atoms with Gasteiger partial charge in [-0.15, -0.1) is 11.3 Å². The third-order valence-electron chi connectivity index (χ3n) is 3.23. The first-order valence-electron chi connectivity index (χ1n) is 6.38. The number of rotatable bonds is 4. The van der Waals surface area contributed by atoms with Crippen molar-refractivity contribution in [2.45, 2.75) is 33.4 Å². The molecule has 0 radical (unpaired) electrons. The minimum absolute atomic E-state index is 0.149. The van der Waals surface area contributed by atoms with E-state index < -0.39 is 0 Å². The number of nitrogens with one attached hydrogen (secondary N) is 1. The third kappa shape index (κ3) is 2.88. The van der Waals surface area contributed by atoms with E-state index in [4.69, 9.17) is 5.73 Å². The Balaban J connectivity index is 2.04. The topological polar surface area (TPSA) is 85.8 Å². The first-order chi connectivity index (χ1) is 9.40. The number of carbonyl (C=O) groups excluding carboxylic acids is 1. The maximum absolute atomic E-state index is 12.0. The monoisotopic (exact) mass is 293 g/mol. The fourth-order valence-corrected chi connectivity index (χ4v) is 2.69. The van der Waals surface area contributed by atoms with Gasteiger partial charge in [0.15, 0.2) is 0 Å². The lowest BCUT2D eigenvalue weighted by molar-refractivity contribution is 0.0946. The second kappa shape index (κ2) is 5.72. The van der Waals surface area contributed by atoms with Crippen molar-refractivity contribution < 1.29 is 4.79 Å². The highest BCUT2D eigenvalue weighted by atomic mass is 32.1. The summed E-state index contributed by atoms with van der Waals surface area (Å²) < 4.78 is 1.81. The molecule has 0 saturated carbocycles. The molecular formula is C13H19N5OS. The number of carbonyl (C=O) groups is 1. The van der Waals surface area contributed by atoms with Crippen LogP contribution in [0.15, 0.2) is 5.38 Å². The van der Waals surface area contributed by atoms with Crippen LogP contribution in [0.4, 0.5) is 0 Å². The molecule has 3 N–H and O–H groups in total. The Morgan fingerprint density at radius 2 is 2.25 bits per heavy atom. The second-order valence-corrected chi connectivity index (χ2v) is 5.70. The molecule has 1 atom stereocenters. The molecule has 0 aliphatic carbocycles. The molecule has 108 valence electrons. The molecule has 2 aromatic rings. The zero-order valence-corrected chi connectivity index (χ0v) is 12.9. The van der Waals surface area contributed by atoms with Crippen LogP contribution in [0.3, 0.4) is 0 Å². The van der Waals surface area contributed by atoms with Gasteiger partial charge in [-0.1, -0.05) is 0 Å². The molecule has 6 nitrogen and oxygen atoms in total. The molecule has 20 heavy (non-hydrogen) atoms. The normalized spacial score (nSPS) is 12.4. The van der Waals surface area contributed by atoms with Gasteiger partial charge in [-0.25, -0.2) is 4.98 Å². The van der Waals surface area contributed by atoms with E-state index in [9.17, 15) is 4.79 Å². The van der Waals surface area contributed by atoms with Gasteiger partial charge in [0.1, 0.15) is 10.7 Å². The van der Waals surface area contributed by atoms with Crippen molar-refractivity contribution in [1.82, 2.24) is 20.1 Å². The maximum Gasteiger partial charge on any atom is 0.271 e. The summed E-state index contributed by atoms with van der Waals surface area (Å²) in [5.74, 6) is -0.184. The molecule has 0 saturated heterocycles. The second-order valence-electron chi connectivity index (χ2n) is 4.82. The smallest absolute Gasteiger partial charge is 0.271 e. The van der Waals surface area contributed by atoms with Gasteiger partial charge in [-0.3, -0.25) is 9.48 Å². The lowest BCUT2D eigenvalue weighted by Gasteiger charge is -2.04. The Hall–Kier alpha value is -1.73. The minimum Gasteiger partial charge on any atom is -0.346 e. The highest BCUT2D eigenvalue weighted by Gasteiger charge is 2.14. The van der Waals surface area contributed by atoms with Crippen LogP contribution in [0.25, 0.3) is 0 Å². The molecule has 2 aromatic heterocycles. The molecule has 7 heteroatoms. The Kier molecular flexibility index (Phi) is 4.20. The van der Waals surface area contributed by atoms with Crippen molar-refractivity contribution in [2.75, 3.05) is 0 Å². The average Bonchev–Trinajstić information content (AvgIpc) is 2.95. The summed E-state index contributed by atoms with van der Waals surface area (Å²) in [5.41, 5.74) is 9.19. The van der Waals surface area contributed by atoms with Gasteiger partial charge in [0.05, 0.1) is 11.7 Å². The van der Waals surface area contributed by atoms with Crippen LogP contribution in [0.1, 0.15) is 45.4 Å². The van der Waals surface area contributed by atoms with Gasteiger partial charge in [0.2, 0.25) is 0 Å². The Labute approximate surface area is 122 Å². The number of nitrogens with zero attached hydrogens (tertiary/aromatic N) is 3. The van der Waals surface area contributed by atoms with Crippen LogP contribution in [0.2, 0.25) is 0 Å². The van der Waals surface area contributed by atoms with Gasteiger partial charge < -0.3 is 11.1 Å². The van der Waals surface area contributed by atoms with Gasteiger partial charge >= 0.3 is 0 Å². The quantitative estimate of drug-likeness (QED) is 0.893. The van der Waals surface area contributed by atoms with Crippen molar-refractivity contribution in [3.05, 3.63) is 33.0 Å². The number of aromatic nitrogens is 3. The lowest BCUT2D eigenvalue weighted by Crippen LogP contribution is -2.24. The van der Waals surface area contributed by atoms with E-state index in [1.165, 1.54) is 11.3 Å². The van der Waals surface area contributed by atoms with Gasteiger partial charge in [-0.05, 0) is 20.8 Å². The van der Waals surface area contributed by atoms with Gasteiger partial charge in [0, 0.05) is 30.2 Å². The Morgan fingerprint density at radius 1 is 1.55 bits per heavy atom. The summed E-state index contributed by atoms with van der Waals surface area (Å²) in [4.78, 5) is 16.3. The highest BCUT2D eigenvalue weighted by Crippen LogP contribution is 2.16. The molecule has 2 rings (SSSR count). The predicted molar refractivity (Wildman–Crippen MR) is 78.6 cm³/mol. The zero-order chi connectivity index (χ0) is 14.9. The van der Waals surface area contributed by atoms with Crippen LogP contribution >= 0.6 is 11.3 Å². The van der Waals surface area contributed by atoms with Crippen LogP contribution in [-0.2, 0) is 13.6 Å². The van der Waals surface area contributed by atoms with Crippen LogP contribution in [0, 0.1) is 13.8 Å². The maximum atomic E-state index is 12.0. The first-order valence-corrected chi connectivity index (χ1v) is 7.26. The molecule has 0 aliphatic rings. The fourth-order valence-electron chi connectivity index (χ4n) is 1.93. The highest BCUT2D eigenvalue weighted by molar-refractivity contribution is 7.09. The van der Waals surface area contributed by atoms with Crippen LogP contribution < -0.4 is 11.1 Å². The minimum atomic E-state index is -0.184. The summed E-state index contributed by atoms with van der Waals surface area (Å²) in [5, 5.41) is 9.70. The van der Waals surface area contributed by atoms with Crippen molar-refractivity contribution in [1.29, 1.82) is 0 Å². The Morgan fingerprint density at radius 3 is 2.75 bits per heavy atom. The molecular weight excluding hydrogens is 274 g/mol. The molecule has 0 bridgehead atoms. The summed E-state index contributed by atoms with van der Waals surface area (Å²) in [6.07, 6.45) is 0. The van der Waals surface area contributed by atoms with E-state index in [0.29, 0.717) is 12.2 Å². The van der Waals surface area contributed by atoms with Crippen molar-refractivity contribution in [2.24, 2.45) is 12.8 Å². The summed E-state index contributed by atoms with van der Waals surface area (Å²) >= 11 is 1.40. The molecule has 1 amide bonds. The van der Waals surface area contributed by atoms with E-state index in [2.05, 4.69) is 15.4 Å². The van der Waals surface area contributed by atoms with Crippen molar-refractivity contribution >= 4 is 17.2 Å². The number of amides is 1. The number of thiazole rings is 1. The molecule has 0 aliphatic heterocycles. The fraction of sp³-hybridized carbons (Fsp3) is 0.462. The van der Waals surface area contributed by atoms with Crippen LogP contribution in [0.5, 0.6) is 0 Å². The van der Waals surface area contributed by atoms with Crippen molar-refractivity contribution in [3.8, 4) is 0 Å². The predicted octanol–water partition coefficient (Wildman–Crippen LogP) is 1.44. The standard InChI is InChI=1S/C13H19N5OS/c1-7(14)13-16-11(6-20-13)12(19)15-5-10-8(2)17-18(4)9(10)3/h6-7H,5,14H2,1-4H3,(H,15,19).